The van der Waals surface area contributed by atoms with Crippen molar-refractivity contribution in [1.82, 2.24) is 5.32 Å². The Morgan fingerprint density at radius 1 is 1.00 bits per heavy atom. The Bertz CT molecular complexity index is 564. The summed E-state index contributed by atoms with van der Waals surface area (Å²) in [5, 5.41) is 2.78. The molecule has 0 radical (unpaired) electrons. The first-order valence-electron chi connectivity index (χ1n) is 7.91. The highest BCUT2D eigenvalue weighted by Gasteiger charge is 2.03. The molecule has 4 nitrogen and oxygen atoms in total. The van der Waals surface area contributed by atoms with E-state index in [1.54, 1.807) is 18.9 Å². The van der Waals surface area contributed by atoms with Gasteiger partial charge in [-0.25, -0.2) is 0 Å². The van der Waals surface area contributed by atoms with E-state index in [4.69, 9.17) is 4.74 Å². The topological polar surface area (TPSA) is 64.3 Å². The molecule has 130 valence electrons. The standard InChI is InChI=1S/C13H12O.C5H9NOS.CH5N/c1-14-13-9-7-12(8-10-13)11-5-3-2-4-6-11;7-5-4-8-3-1-2-6-5;1-2/h2-10H,1H3;1-4H2,(H,6,7);2H2,1H3. The molecule has 0 aromatic heterocycles. The first-order chi connectivity index (χ1) is 11.8. The molecule has 3 rings (SSSR count). The lowest BCUT2D eigenvalue weighted by Gasteiger charge is -2.02. The summed E-state index contributed by atoms with van der Waals surface area (Å²) in [4.78, 5) is 10.6. The second kappa shape index (κ2) is 12.4. The highest BCUT2D eigenvalue weighted by Crippen LogP contribution is 2.21. The zero-order valence-electron chi connectivity index (χ0n) is 14.3. The van der Waals surface area contributed by atoms with E-state index in [1.807, 2.05) is 30.3 Å². The van der Waals surface area contributed by atoms with Crippen molar-refractivity contribution in [3.05, 3.63) is 54.6 Å². The lowest BCUT2D eigenvalue weighted by atomic mass is 10.1. The molecule has 1 fully saturated rings. The molecule has 1 saturated heterocycles. The summed E-state index contributed by atoms with van der Waals surface area (Å²) in [6, 6.07) is 18.4. The van der Waals surface area contributed by atoms with E-state index in [0.29, 0.717) is 5.75 Å². The molecule has 1 aliphatic heterocycles. The molecule has 0 bridgehead atoms. The van der Waals surface area contributed by atoms with Gasteiger partial charge in [-0.05, 0) is 42.5 Å². The van der Waals surface area contributed by atoms with E-state index >= 15 is 0 Å². The lowest BCUT2D eigenvalue weighted by Crippen LogP contribution is -2.23. The molecule has 2 aromatic carbocycles. The van der Waals surface area contributed by atoms with Gasteiger partial charge in [-0.3, -0.25) is 4.79 Å². The monoisotopic (exact) mass is 346 g/mol. The van der Waals surface area contributed by atoms with Gasteiger partial charge in [0.05, 0.1) is 12.9 Å². The summed E-state index contributed by atoms with van der Waals surface area (Å²) >= 11 is 1.71. The largest absolute Gasteiger partial charge is 0.497 e. The van der Waals surface area contributed by atoms with Crippen molar-refractivity contribution in [2.75, 3.05) is 32.2 Å². The number of carbonyl (C=O) groups excluding carboxylic acids is 1. The smallest absolute Gasteiger partial charge is 0.229 e. The fourth-order valence-corrected chi connectivity index (χ4v) is 2.81. The average molecular weight is 346 g/mol. The van der Waals surface area contributed by atoms with Crippen LogP contribution in [0.1, 0.15) is 6.42 Å². The van der Waals surface area contributed by atoms with E-state index in [-0.39, 0.29) is 5.91 Å². The molecule has 0 atom stereocenters. The van der Waals surface area contributed by atoms with Crippen molar-refractivity contribution in [2.45, 2.75) is 6.42 Å². The Kier molecular flexibility index (Phi) is 10.4. The van der Waals surface area contributed by atoms with E-state index < -0.39 is 0 Å². The van der Waals surface area contributed by atoms with Gasteiger partial charge >= 0.3 is 0 Å². The van der Waals surface area contributed by atoms with E-state index in [9.17, 15) is 4.79 Å². The molecular weight excluding hydrogens is 320 g/mol. The second-order valence-corrected chi connectivity index (χ2v) is 5.96. The van der Waals surface area contributed by atoms with Gasteiger partial charge in [-0.15, -0.1) is 0 Å². The predicted molar refractivity (Wildman–Crippen MR) is 103 cm³/mol. The molecule has 24 heavy (non-hydrogen) atoms. The van der Waals surface area contributed by atoms with Crippen LogP contribution in [0, 0.1) is 0 Å². The summed E-state index contributed by atoms with van der Waals surface area (Å²) < 4.78 is 5.11. The van der Waals surface area contributed by atoms with Crippen LogP contribution in [-0.2, 0) is 4.79 Å². The third-order valence-electron chi connectivity index (χ3n) is 3.22. The van der Waals surface area contributed by atoms with Crippen LogP contribution in [0.4, 0.5) is 0 Å². The number of thioether (sulfide) groups is 1. The number of nitrogens with two attached hydrogens (primary N) is 1. The van der Waals surface area contributed by atoms with Gasteiger partial charge in [-0.2, -0.15) is 11.8 Å². The molecule has 0 saturated carbocycles. The number of hydrogen-bond acceptors (Lipinski definition) is 4. The molecule has 5 heteroatoms. The van der Waals surface area contributed by atoms with Crippen molar-refractivity contribution in [3.63, 3.8) is 0 Å². The highest BCUT2D eigenvalue weighted by molar-refractivity contribution is 7.99. The van der Waals surface area contributed by atoms with Crippen LogP contribution in [0.5, 0.6) is 5.75 Å². The van der Waals surface area contributed by atoms with Crippen LogP contribution in [0.15, 0.2) is 54.6 Å². The summed E-state index contributed by atoms with van der Waals surface area (Å²) in [5.41, 5.74) is 6.95. The first-order valence-corrected chi connectivity index (χ1v) is 9.07. The molecule has 1 heterocycles. The third kappa shape index (κ3) is 7.53. The Morgan fingerprint density at radius 2 is 1.62 bits per heavy atom. The number of hydrogen-bond donors (Lipinski definition) is 2. The second-order valence-electron chi connectivity index (χ2n) is 4.85. The lowest BCUT2D eigenvalue weighted by molar-refractivity contribution is -0.118. The maximum Gasteiger partial charge on any atom is 0.229 e. The normalized spacial score (nSPS) is 13.2. The first kappa shape index (κ1) is 20.1. The Balaban J connectivity index is 0.000000245. The number of amides is 1. The van der Waals surface area contributed by atoms with Gasteiger partial charge in [0.25, 0.3) is 0 Å². The average Bonchev–Trinajstić information content (AvgIpc) is 2.92. The van der Waals surface area contributed by atoms with Gasteiger partial charge < -0.3 is 15.8 Å². The Morgan fingerprint density at radius 3 is 2.25 bits per heavy atom. The van der Waals surface area contributed by atoms with E-state index in [0.717, 1.165) is 24.5 Å². The maximum absolute atomic E-state index is 10.6. The van der Waals surface area contributed by atoms with Crippen LogP contribution in [0.25, 0.3) is 11.1 Å². The van der Waals surface area contributed by atoms with Gasteiger partial charge in [-0.1, -0.05) is 42.5 Å². The van der Waals surface area contributed by atoms with Gasteiger partial charge in [0.2, 0.25) is 5.91 Å². The summed E-state index contributed by atoms with van der Waals surface area (Å²) in [5.74, 6) is 2.86. The quantitative estimate of drug-likeness (QED) is 0.877. The van der Waals surface area contributed by atoms with Crippen molar-refractivity contribution < 1.29 is 9.53 Å². The summed E-state index contributed by atoms with van der Waals surface area (Å²) in [7, 11) is 3.18. The minimum absolute atomic E-state index is 0.188. The number of rotatable bonds is 2. The molecule has 0 spiro atoms. The van der Waals surface area contributed by atoms with Gasteiger partial charge in [0, 0.05) is 6.54 Å². The van der Waals surface area contributed by atoms with Crippen LogP contribution in [-0.4, -0.2) is 38.1 Å². The minimum Gasteiger partial charge on any atom is -0.497 e. The van der Waals surface area contributed by atoms with E-state index in [2.05, 4.69) is 35.3 Å². The van der Waals surface area contributed by atoms with Crippen molar-refractivity contribution >= 4 is 17.7 Å². The van der Waals surface area contributed by atoms with Crippen LogP contribution in [0.3, 0.4) is 0 Å². The SMILES string of the molecule is CN.COc1ccc(-c2ccccc2)cc1.O=C1CSCCCN1. The summed E-state index contributed by atoms with van der Waals surface area (Å²) in [6.45, 7) is 0.867. The van der Waals surface area contributed by atoms with Crippen LogP contribution >= 0.6 is 11.8 Å². The number of nitrogens with one attached hydrogen (secondary N) is 1. The predicted octanol–water partition coefficient (Wildman–Crippen LogP) is 3.18. The Labute approximate surface area is 148 Å². The zero-order valence-corrected chi connectivity index (χ0v) is 15.1. The number of carbonyl (C=O) groups is 1. The molecule has 1 aliphatic rings. The molecule has 0 aliphatic carbocycles. The Hall–Kier alpha value is -1.98. The van der Waals surface area contributed by atoms with Crippen molar-refractivity contribution in [2.24, 2.45) is 5.73 Å². The minimum atomic E-state index is 0.188. The van der Waals surface area contributed by atoms with Gasteiger partial charge in [0.15, 0.2) is 0 Å². The molecule has 2 aromatic rings. The summed E-state index contributed by atoms with van der Waals surface area (Å²) in [6.07, 6.45) is 1.12. The fraction of sp³-hybridized carbons (Fsp3) is 0.316. The maximum atomic E-state index is 10.6. The number of benzene rings is 2. The third-order valence-corrected chi connectivity index (χ3v) is 4.26. The molecule has 1 amide bonds. The number of methoxy groups -OCH3 is 1. The van der Waals surface area contributed by atoms with Gasteiger partial charge in [0.1, 0.15) is 5.75 Å². The zero-order chi connectivity index (χ0) is 17.6. The van der Waals surface area contributed by atoms with E-state index in [1.165, 1.54) is 18.2 Å². The molecule has 0 unspecified atom stereocenters. The molecule has 3 N–H and O–H groups in total. The fourth-order valence-electron chi connectivity index (χ4n) is 2.03. The van der Waals surface area contributed by atoms with Crippen molar-refractivity contribution in [3.8, 4) is 16.9 Å². The van der Waals surface area contributed by atoms with Crippen molar-refractivity contribution in [1.29, 1.82) is 0 Å². The van der Waals surface area contributed by atoms with Crippen LogP contribution < -0.4 is 15.8 Å². The number of ether oxygens (including phenoxy) is 1. The van der Waals surface area contributed by atoms with Crippen LogP contribution in [0.2, 0.25) is 0 Å². The highest BCUT2D eigenvalue weighted by atomic mass is 32.2. The molecular formula is C19H26N2O2S.